The van der Waals surface area contributed by atoms with E-state index in [1.54, 1.807) is 0 Å². The maximum atomic E-state index is 6.59. The highest BCUT2D eigenvalue weighted by molar-refractivity contribution is 6.22. The molecule has 1 aromatic heterocycles. The quantitative estimate of drug-likeness (QED) is 0.259. The Labute approximate surface area is 209 Å². The normalized spacial score (nSPS) is 11.3. The largest absolute Gasteiger partial charge is 0.454 e. The summed E-state index contributed by atoms with van der Waals surface area (Å²) in [7, 11) is 0. The molecule has 0 N–H and O–H groups in total. The topological polar surface area (TPSA) is 16.4 Å². The van der Waals surface area contributed by atoms with Crippen molar-refractivity contribution in [3.8, 4) is 11.1 Å². The molecule has 0 aliphatic carbocycles. The van der Waals surface area contributed by atoms with Gasteiger partial charge in [0.15, 0.2) is 5.58 Å². The minimum Gasteiger partial charge on any atom is -0.454 e. The molecule has 0 bridgehead atoms. The standard InChI is InChI=1S/C34H23NO/c1-3-12-24(13-4-1)25-15-11-18-28(22-25)35(27-16-5-2-6-17-27)31-23-26-14-7-8-19-29(26)33-30-20-9-10-21-32(30)36-34(31)33/h1-23H. The summed E-state index contributed by atoms with van der Waals surface area (Å²) in [5.41, 5.74) is 7.35. The third kappa shape index (κ3) is 3.35. The van der Waals surface area contributed by atoms with Crippen LogP contribution >= 0.6 is 0 Å². The molecule has 0 aliphatic heterocycles. The molecule has 7 rings (SSSR count). The van der Waals surface area contributed by atoms with Gasteiger partial charge in [-0.15, -0.1) is 0 Å². The van der Waals surface area contributed by atoms with Crippen LogP contribution in [0.15, 0.2) is 144 Å². The summed E-state index contributed by atoms with van der Waals surface area (Å²) < 4.78 is 6.59. The van der Waals surface area contributed by atoms with Gasteiger partial charge in [-0.05, 0) is 58.3 Å². The number of fused-ring (bicyclic) bond motifs is 5. The molecule has 2 nitrogen and oxygen atoms in total. The molecular weight excluding hydrogens is 438 g/mol. The van der Waals surface area contributed by atoms with Gasteiger partial charge in [-0.3, -0.25) is 0 Å². The Bertz CT molecular complexity index is 1830. The van der Waals surface area contributed by atoms with Crippen molar-refractivity contribution in [1.29, 1.82) is 0 Å². The molecule has 6 aromatic carbocycles. The first-order valence-corrected chi connectivity index (χ1v) is 12.2. The highest BCUT2D eigenvalue weighted by Gasteiger charge is 2.21. The monoisotopic (exact) mass is 461 g/mol. The Balaban J connectivity index is 1.56. The van der Waals surface area contributed by atoms with Gasteiger partial charge in [0.2, 0.25) is 0 Å². The molecule has 0 unspecified atom stereocenters. The summed E-state index contributed by atoms with van der Waals surface area (Å²) in [5, 5.41) is 4.68. The minimum absolute atomic E-state index is 0.892. The van der Waals surface area contributed by atoms with Crippen molar-refractivity contribution >= 4 is 49.8 Å². The molecule has 0 spiro atoms. The minimum atomic E-state index is 0.892. The zero-order chi connectivity index (χ0) is 23.9. The molecule has 36 heavy (non-hydrogen) atoms. The molecule has 0 saturated heterocycles. The first-order chi connectivity index (χ1) is 17.9. The van der Waals surface area contributed by atoms with Crippen molar-refractivity contribution in [2.45, 2.75) is 0 Å². The van der Waals surface area contributed by atoms with Crippen LogP contribution in [-0.4, -0.2) is 0 Å². The van der Waals surface area contributed by atoms with E-state index in [9.17, 15) is 0 Å². The lowest BCUT2D eigenvalue weighted by Gasteiger charge is -2.26. The fourth-order valence-corrected chi connectivity index (χ4v) is 5.18. The maximum absolute atomic E-state index is 6.59. The second kappa shape index (κ2) is 8.44. The molecule has 0 fully saturated rings. The average Bonchev–Trinajstić information content (AvgIpc) is 3.35. The smallest absolute Gasteiger partial charge is 0.160 e. The Morgan fingerprint density at radius 2 is 1.11 bits per heavy atom. The fourth-order valence-electron chi connectivity index (χ4n) is 5.18. The molecule has 0 atom stereocenters. The van der Waals surface area contributed by atoms with Gasteiger partial charge in [-0.25, -0.2) is 0 Å². The molecule has 7 aromatic rings. The van der Waals surface area contributed by atoms with E-state index < -0.39 is 0 Å². The zero-order valence-electron chi connectivity index (χ0n) is 19.6. The van der Waals surface area contributed by atoms with Crippen LogP contribution in [0.4, 0.5) is 17.1 Å². The Kier molecular flexibility index (Phi) is 4.82. The van der Waals surface area contributed by atoms with Crippen molar-refractivity contribution < 1.29 is 4.42 Å². The van der Waals surface area contributed by atoms with E-state index in [0.29, 0.717) is 0 Å². The summed E-state index contributed by atoms with van der Waals surface area (Å²) in [6, 6.07) is 48.9. The number of benzene rings is 6. The van der Waals surface area contributed by atoms with E-state index in [4.69, 9.17) is 4.42 Å². The van der Waals surface area contributed by atoms with Crippen LogP contribution in [0.25, 0.3) is 43.8 Å². The van der Waals surface area contributed by atoms with Gasteiger partial charge in [0.1, 0.15) is 5.58 Å². The Morgan fingerprint density at radius 1 is 0.472 bits per heavy atom. The number of anilines is 3. The van der Waals surface area contributed by atoms with Gasteiger partial charge >= 0.3 is 0 Å². The van der Waals surface area contributed by atoms with Crippen LogP contribution in [0.5, 0.6) is 0 Å². The van der Waals surface area contributed by atoms with E-state index in [2.05, 4.69) is 138 Å². The van der Waals surface area contributed by atoms with Crippen molar-refractivity contribution in [1.82, 2.24) is 0 Å². The number of nitrogens with zero attached hydrogens (tertiary/aromatic N) is 1. The van der Waals surface area contributed by atoms with E-state index in [0.717, 1.165) is 39.0 Å². The SMILES string of the molecule is c1ccc(-c2cccc(N(c3ccccc3)c3cc4ccccc4c4c3oc3ccccc34)c2)cc1. The number of hydrogen-bond acceptors (Lipinski definition) is 2. The lowest BCUT2D eigenvalue weighted by atomic mass is 10.0. The van der Waals surface area contributed by atoms with E-state index in [1.165, 1.54) is 21.9 Å². The van der Waals surface area contributed by atoms with Crippen molar-refractivity contribution in [2.75, 3.05) is 4.90 Å². The first-order valence-electron chi connectivity index (χ1n) is 12.2. The van der Waals surface area contributed by atoms with Gasteiger partial charge in [-0.1, -0.05) is 103 Å². The first kappa shape index (κ1) is 20.5. The number of hydrogen-bond donors (Lipinski definition) is 0. The molecule has 0 aliphatic rings. The number of furan rings is 1. The van der Waals surface area contributed by atoms with E-state index in [-0.39, 0.29) is 0 Å². The lowest BCUT2D eigenvalue weighted by Crippen LogP contribution is -2.10. The van der Waals surface area contributed by atoms with Crippen LogP contribution in [0.2, 0.25) is 0 Å². The van der Waals surface area contributed by atoms with E-state index >= 15 is 0 Å². The molecular formula is C34H23NO. The van der Waals surface area contributed by atoms with Gasteiger partial charge < -0.3 is 9.32 Å². The van der Waals surface area contributed by atoms with Gasteiger partial charge in [-0.2, -0.15) is 0 Å². The summed E-state index contributed by atoms with van der Waals surface area (Å²) in [5.74, 6) is 0. The molecule has 2 heteroatoms. The van der Waals surface area contributed by atoms with Crippen molar-refractivity contribution in [3.63, 3.8) is 0 Å². The van der Waals surface area contributed by atoms with Crippen molar-refractivity contribution in [2.24, 2.45) is 0 Å². The number of para-hydroxylation sites is 2. The molecule has 0 saturated carbocycles. The predicted octanol–water partition coefficient (Wildman–Crippen LogP) is 9.88. The molecule has 1 heterocycles. The second-order valence-corrected chi connectivity index (χ2v) is 9.01. The highest BCUT2D eigenvalue weighted by Crippen LogP contribution is 2.45. The van der Waals surface area contributed by atoms with Crippen LogP contribution < -0.4 is 4.90 Å². The summed E-state index contributed by atoms with van der Waals surface area (Å²) in [6.07, 6.45) is 0. The van der Waals surface area contributed by atoms with Gasteiger partial charge in [0.05, 0.1) is 5.69 Å². The van der Waals surface area contributed by atoms with Crippen LogP contribution in [0.3, 0.4) is 0 Å². The van der Waals surface area contributed by atoms with Crippen LogP contribution in [-0.2, 0) is 0 Å². The van der Waals surface area contributed by atoms with Crippen LogP contribution in [0, 0.1) is 0 Å². The third-order valence-corrected chi connectivity index (χ3v) is 6.82. The Hall–Kier alpha value is -4.82. The van der Waals surface area contributed by atoms with Crippen molar-refractivity contribution in [3.05, 3.63) is 140 Å². The summed E-state index contributed by atoms with van der Waals surface area (Å²) >= 11 is 0. The van der Waals surface area contributed by atoms with Gasteiger partial charge in [0.25, 0.3) is 0 Å². The Morgan fingerprint density at radius 3 is 1.94 bits per heavy atom. The summed E-state index contributed by atoms with van der Waals surface area (Å²) in [4.78, 5) is 2.31. The third-order valence-electron chi connectivity index (χ3n) is 6.82. The summed E-state index contributed by atoms with van der Waals surface area (Å²) in [6.45, 7) is 0. The number of rotatable bonds is 4. The molecule has 170 valence electrons. The lowest BCUT2D eigenvalue weighted by molar-refractivity contribution is 0.669. The highest BCUT2D eigenvalue weighted by atomic mass is 16.3. The van der Waals surface area contributed by atoms with Gasteiger partial charge in [0, 0.05) is 22.1 Å². The zero-order valence-corrected chi connectivity index (χ0v) is 19.6. The second-order valence-electron chi connectivity index (χ2n) is 9.01. The predicted molar refractivity (Wildman–Crippen MR) is 151 cm³/mol. The molecule has 0 amide bonds. The van der Waals surface area contributed by atoms with E-state index in [1.807, 2.05) is 6.07 Å². The fraction of sp³-hybridized carbons (Fsp3) is 0. The maximum Gasteiger partial charge on any atom is 0.160 e. The average molecular weight is 462 g/mol. The molecule has 0 radical (unpaired) electrons. The van der Waals surface area contributed by atoms with Crippen LogP contribution in [0.1, 0.15) is 0 Å².